The first-order valence-electron chi connectivity index (χ1n) is 7.98. The standard InChI is InChI=1S/C19H19FN4O/c1-14-5-2-6-15(11-14)12-21-18(25)13-22-19-16(20)7-3-8-17(19)24-10-4-9-23-24/h2-11,22H,12-13H2,1H3,(H,21,25). The van der Waals surface area contributed by atoms with Gasteiger partial charge in [-0.2, -0.15) is 5.10 Å². The van der Waals surface area contributed by atoms with Crippen LogP contribution >= 0.6 is 0 Å². The maximum absolute atomic E-state index is 14.2. The number of carbonyl (C=O) groups excluding carboxylic acids is 1. The predicted molar refractivity (Wildman–Crippen MR) is 95.0 cm³/mol. The van der Waals surface area contributed by atoms with Crippen molar-refractivity contribution in [3.63, 3.8) is 0 Å². The molecule has 0 unspecified atom stereocenters. The lowest BCUT2D eigenvalue weighted by atomic mass is 10.1. The Balaban J connectivity index is 1.63. The SMILES string of the molecule is Cc1cccc(CNC(=O)CNc2c(F)cccc2-n2cccn2)c1. The molecule has 2 aromatic carbocycles. The van der Waals surface area contributed by atoms with Crippen molar-refractivity contribution in [1.29, 1.82) is 0 Å². The van der Waals surface area contributed by atoms with Crippen molar-refractivity contribution in [3.05, 3.63) is 77.9 Å². The number of amides is 1. The smallest absolute Gasteiger partial charge is 0.239 e. The molecule has 0 radical (unpaired) electrons. The largest absolute Gasteiger partial charge is 0.372 e. The van der Waals surface area contributed by atoms with Crippen molar-refractivity contribution in [1.82, 2.24) is 15.1 Å². The van der Waals surface area contributed by atoms with E-state index in [1.54, 1.807) is 35.3 Å². The van der Waals surface area contributed by atoms with Crippen molar-refractivity contribution < 1.29 is 9.18 Å². The lowest BCUT2D eigenvalue weighted by Crippen LogP contribution is -2.29. The number of aryl methyl sites for hydroxylation is 1. The van der Waals surface area contributed by atoms with E-state index >= 15 is 0 Å². The molecule has 0 bridgehead atoms. The molecule has 1 amide bonds. The summed E-state index contributed by atoms with van der Waals surface area (Å²) in [7, 11) is 0. The van der Waals surface area contributed by atoms with E-state index in [0.717, 1.165) is 11.1 Å². The second kappa shape index (κ2) is 7.61. The number of benzene rings is 2. The number of hydrogen-bond donors (Lipinski definition) is 2. The van der Waals surface area contributed by atoms with E-state index in [1.165, 1.54) is 6.07 Å². The Morgan fingerprint density at radius 2 is 2.04 bits per heavy atom. The van der Waals surface area contributed by atoms with Gasteiger partial charge in [0.1, 0.15) is 5.82 Å². The van der Waals surface area contributed by atoms with Gasteiger partial charge < -0.3 is 10.6 Å². The number of aromatic nitrogens is 2. The highest BCUT2D eigenvalue weighted by molar-refractivity contribution is 5.81. The number of nitrogens with zero attached hydrogens (tertiary/aromatic N) is 2. The summed E-state index contributed by atoms with van der Waals surface area (Å²) in [6, 6.07) is 14.4. The Hall–Kier alpha value is -3.15. The molecule has 25 heavy (non-hydrogen) atoms. The first-order chi connectivity index (χ1) is 12.1. The predicted octanol–water partition coefficient (Wildman–Crippen LogP) is 3.05. The van der Waals surface area contributed by atoms with Crippen LogP contribution < -0.4 is 10.6 Å². The quantitative estimate of drug-likeness (QED) is 0.726. The molecule has 5 nitrogen and oxygen atoms in total. The molecule has 6 heteroatoms. The van der Waals surface area contributed by atoms with Gasteiger partial charge in [-0.1, -0.05) is 35.9 Å². The average molecular weight is 338 g/mol. The third kappa shape index (κ3) is 4.23. The molecule has 0 atom stereocenters. The maximum Gasteiger partial charge on any atom is 0.239 e. The van der Waals surface area contributed by atoms with Crippen LogP contribution in [0, 0.1) is 12.7 Å². The molecule has 0 aliphatic heterocycles. The van der Waals surface area contributed by atoms with Gasteiger partial charge >= 0.3 is 0 Å². The minimum absolute atomic E-state index is 0.0268. The third-order valence-electron chi connectivity index (χ3n) is 3.74. The van der Waals surface area contributed by atoms with Crippen LogP contribution in [0.2, 0.25) is 0 Å². The Labute approximate surface area is 145 Å². The Morgan fingerprint density at radius 1 is 1.20 bits per heavy atom. The van der Waals surface area contributed by atoms with Gasteiger partial charge in [0.2, 0.25) is 5.91 Å². The van der Waals surface area contributed by atoms with Gasteiger partial charge in [-0.15, -0.1) is 0 Å². The van der Waals surface area contributed by atoms with E-state index in [9.17, 15) is 9.18 Å². The first kappa shape index (κ1) is 16.7. The highest BCUT2D eigenvalue weighted by Crippen LogP contribution is 2.22. The van der Waals surface area contributed by atoms with Crippen molar-refractivity contribution in [2.45, 2.75) is 13.5 Å². The van der Waals surface area contributed by atoms with E-state index in [2.05, 4.69) is 15.7 Å². The van der Waals surface area contributed by atoms with Gasteiger partial charge in [-0.05, 0) is 30.7 Å². The monoisotopic (exact) mass is 338 g/mol. The molecule has 0 aliphatic rings. The van der Waals surface area contributed by atoms with Crippen molar-refractivity contribution >= 4 is 11.6 Å². The van der Waals surface area contributed by atoms with Crippen molar-refractivity contribution in [2.75, 3.05) is 11.9 Å². The van der Waals surface area contributed by atoms with Gasteiger partial charge in [0.15, 0.2) is 0 Å². The van der Waals surface area contributed by atoms with Crippen molar-refractivity contribution in [3.8, 4) is 5.69 Å². The van der Waals surface area contributed by atoms with Crippen LogP contribution in [0.25, 0.3) is 5.69 Å². The highest BCUT2D eigenvalue weighted by atomic mass is 19.1. The number of hydrogen-bond acceptors (Lipinski definition) is 3. The summed E-state index contributed by atoms with van der Waals surface area (Å²) in [4.78, 5) is 12.1. The fourth-order valence-corrected chi connectivity index (χ4v) is 2.54. The van der Waals surface area contributed by atoms with Crippen LogP contribution in [0.15, 0.2) is 60.9 Å². The van der Waals surface area contributed by atoms with Gasteiger partial charge in [0.05, 0.1) is 17.9 Å². The molecule has 0 saturated heterocycles. The Bertz CT molecular complexity index is 862. The molecule has 0 saturated carbocycles. The number of para-hydroxylation sites is 1. The molecule has 1 heterocycles. The number of rotatable bonds is 6. The summed E-state index contributed by atoms with van der Waals surface area (Å²) >= 11 is 0. The Morgan fingerprint density at radius 3 is 2.80 bits per heavy atom. The topological polar surface area (TPSA) is 59.0 Å². The van der Waals surface area contributed by atoms with Crippen molar-refractivity contribution in [2.24, 2.45) is 0 Å². The molecule has 0 spiro atoms. The van der Waals surface area contributed by atoms with Crippen LogP contribution in [0.3, 0.4) is 0 Å². The zero-order valence-electron chi connectivity index (χ0n) is 13.9. The average Bonchev–Trinajstić information content (AvgIpc) is 3.13. The number of halogens is 1. The van der Waals surface area contributed by atoms with Gasteiger partial charge in [-0.25, -0.2) is 9.07 Å². The number of nitrogens with one attached hydrogen (secondary N) is 2. The van der Waals surface area contributed by atoms with Gasteiger partial charge in [0, 0.05) is 18.9 Å². The maximum atomic E-state index is 14.2. The first-order valence-corrected chi connectivity index (χ1v) is 7.98. The second-order valence-electron chi connectivity index (χ2n) is 5.70. The van der Waals surface area contributed by atoms with E-state index < -0.39 is 5.82 Å². The third-order valence-corrected chi connectivity index (χ3v) is 3.74. The van der Waals surface area contributed by atoms with Crippen LogP contribution in [0.4, 0.5) is 10.1 Å². The molecule has 1 aromatic heterocycles. The number of anilines is 1. The summed E-state index contributed by atoms with van der Waals surface area (Å²) in [6.45, 7) is 2.41. The summed E-state index contributed by atoms with van der Waals surface area (Å²) in [5.74, 6) is -0.643. The minimum Gasteiger partial charge on any atom is -0.372 e. The van der Waals surface area contributed by atoms with Crippen LogP contribution in [0.1, 0.15) is 11.1 Å². The van der Waals surface area contributed by atoms with Gasteiger partial charge in [-0.3, -0.25) is 4.79 Å². The molecular formula is C19H19FN4O. The number of carbonyl (C=O) groups is 1. The van der Waals surface area contributed by atoms with E-state index in [1.807, 2.05) is 31.2 Å². The zero-order valence-corrected chi connectivity index (χ0v) is 13.9. The lowest BCUT2D eigenvalue weighted by molar-refractivity contribution is -0.119. The van der Waals surface area contributed by atoms with Gasteiger partial charge in [0.25, 0.3) is 0 Å². The normalized spacial score (nSPS) is 10.5. The van der Waals surface area contributed by atoms with Crippen LogP contribution in [0.5, 0.6) is 0 Å². The fourth-order valence-electron chi connectivity index (χ4n) is 2.54. The van der Waals surface area contributed by atoms with E-state index in [0.29, 0.717) is 12.2 Å². The summed E-state index contributed by atoms with van der Waals surface area (Å²) in [5.41, 5.74) is 2.96. The molecule has 128 valence electrons. The summed E-state index contributed by atoms with van der Waals surface area (Å²) in [5, 5.41) is 9.80. The van der Waals surface area contributed by atoms with Crippen LogP contribution in [-0.4, -0.2) is 22.2 Å². The van der Waals surface area contributed by atoms with E-state index in [4.69, 9.17) is 0 Å². The van der Waals surface area contributed by atoms with E-state index in [-0.39, 0.29) is 18.1 Å². The highest BCUT2D eigenvalue weighted by Gasteiger charge is 2.11. The fraction of sp³-hybridized carbons (Fsp3) is 0.158. The summed E-state index contributed by atoms with van der Waals surface area (Å²) in [6.07, 6.45) is 3.33. The lowest BCUT2D eigenvalue weighted by Gasteiger charge is -2.13. The molecule has 0 aliphatic carbocycles. The molecule has 0 fully saturated rings. The zero-order chi connectivity index (χ0) is 17.6. The molecule has 3 aromatic rings. The van der Waals surface area contributed by atoms with Crippen LogP contribution in [-0.2, 0) is 11.3 Å². The molecule has 3 rings (SSSR count). The minimum atomic E-state index is -0.431. The second-order valence-corrected chi connectivity index (χ2v) is 5.70. The summed E-state index contributed by atoms with van der Waals surface area (Å²) < 4.78 is 15.7. The Kier molecular flexibility index (Phi) is 5.09. The molecule has 2 N–H and O–H groups in total. The molecular weight excluding hydrogens is 319 g/mol.